The summed E-state index contributed by atoms with van der Waals surface area (Å²) in [6.45, 7) is 29.8. The maximum Gasteiger partial charge on any atom is 0.135 e. The first-order chi connectivity index (χ1) is 35.7. The Labute approximate surface area is 467 Å². The second-order valence-electron chi connectivity index (χ2n) is 24.4. The van der Waals surface area contributed by atoms with Gasteiger partial charge in [-0.15, -0.1) is 53.8 Å². The van der Waals surface area contributed by atoms with Crippen LogP contribution >= 0.6 is 0 Å². The van der Waals surface area contributed by atoms with Gasteiger partial charge in [-0.05, 0) is 110 Å². The fourth-order valence-electron chi connectivity index (χ4n) is 10.4. The van der Waals surface area contributed by atoms with Crippen LogP contribution in [0.4, 0.5) is 57.0 Å². The molecule has 0 amide bonds. The zero-order valence-corrected chi connectivity index (χ0v) is 48.3. The Bertz CT molecular complexity index is 3540. The number of anilines is 10. The molecule has 0 saturated heterocycles. The molecule has 3 heterocycles. The van der Waals surface area contributed by atoms with Crippen LogP contribution in [0.15, 0.2) is 188 Å². The first-order valence-corrected chi connectivity index (χ1v) is 26.4. The third-order valence-electron chi connectivity index (χ3n) is 14.9. The average Bonchev–Trinajstić information content (AvgIpc) is 3.86. The fraction of sp³-hybridized carbons (Fsp3) is 0.229. The zero-order chi connectivity index (χ0) is 52.6. The monoisotopic (exact) mass is 1170 g/mol. The fourth-order valence-corrected chi connectivity index (χ4v) is 10.4. The Morgan fingerprint density at radius 2 is 0.974 bits per heavy atom. The van der Waals surface area contributed by atoms with Crippen LogP contribution in [0.5, 0.6) is 0 Å². The number of fused-ring (bicyclic) bond motifs is 6. The Hall–Kier alpha value is -7.20. The van der Waals surface area contributed by atoms with E-state index >= 15 is 0 Å². The minimum absolute atomic E-state index is 0. The maximum absolute atomic E-state index is 5.08. The Morgan fingerprint density at radius 3 is 1.59 bits per heavy atom. The number of rotatable bonds is 7. The van der Waals surface area contributed by atoms with E-state index in [1.165, 1.54) is 22.3 Å². The topological polar surface area (TPSA) is 25.9 Å². The molecule has 5 nitrogen and oxygen atoms in total. The second-order valence-corrected chi connectivity index (χ2v) is 24.4. The van der Waals surface area contributed by atoms with Gasteiger partial charge in [-0.2, -0.15) is 6.07 Å². The summed E-state index contributed by atoms with van der Waals surface area (Å²) in [6.07, 6.45) is 1.88. The first kappa shape index (κ1) is 52.2. The van der Waals surface area contributed by atoms with Crippen molar-refractivity contribution < 1.29 is 21.1 Å². The van der Waals surface area contributed by atoms with E-state index < -0.39 is 0 Å². The normalized spacial score (nSPS) is 13.3. The van der Waals surface area contributed by atoms with Crippen LogP contribution in [-0.4, -0.2) is 4.98 Å². The van der Waals surface area contributed by atoms with Gasteiger partial charge in [0.05, 0.1) is 5.69 Å². The van der Waals surface area contributed by atoms with Gasteiger partial charge in [0.1, 0.15) is 5.82 Å². The van der Waals surface area contributed by atoms with Gasteiger partial charge >= 0.3 is 0 Å². The second kappa shape index (κ2) is 19.7. The minimum atomic E-state index is -0.200. The van der Waals surface area contributed by atoms with Crippen molar-refractivity contribution in [2.75, 3.05) is 19.6 Å². The Kier molecular flexibility index (Phi) is 13.6. The van der Waals surface area contributed by atoms with Gasteiger partial charge < -0.3 is 19.6 Å². The van der Waals surface area contributed by atoms with Crippen LogP contribution < -0.4 is 19.6 Å². The van der Waals surface area contributed by atoms with E-state index in [1.54, 1.807) is 0 Å². The van der Waals surface area contributed by atoms with Crippen LogP contribution in [0, 0.1) is 18.8 Å². The van der Waals surface area contributed by atoms with E-state index in [0.717, 1.165) is 90.4 Å². The number of hydrogen-bond donors (Lipinski definition) is 0. The van der Waals surface area contributed by atoms with Crippen LogP contribution in [0.3, 0.4) is 0 Å². The van der Waals surface area contributed by atoms with Crippen molar-refractivity contribution in [2.45, 2.75) is 105 Å². The minimum Gasteiger partial charge on any atom is -0.493 e. The number of pyridine rings is 1. The Balaban J connectivity index is 0.00000657. The molecule has 11 rings (SSSR count). The van der Waals surface area contributed by atoms with E-state index in [4.69, 9.17) is 4.98 Å². The van der Waals surface area contributed by atoms with Crippen molar-refractivity contribution in [3.8, 4) is 33.4 Å². The van der Waals surface area contributed by atoms with E-state index in [-0.39, 0.29) is 42.7 Å². The van der Waals surface area contributed by atoms with E-state index in [9.17, 15) is 0 Å². The maximum atomic E-state index is 5.08. The van der Waals surface area contributed by atoms with E-state index in [1.807, 2.05) is 12.3 Å². The quantitative estimate of drug-likeness (QED) is 0.148. The molecule has 6 heteroatoms. The molecule has 0 fully saturated rings. The van der Waals surface area contributed by atoms with Gasteiger partial charge in [-0.3, -0.25) is 0 Å². The predicted octanol–water partition coefficient (Wildman–Crippen LogP) is 19.5. The van der Waals surface area contributed by atoms with E-state index in [0.29, 0.717) is 0 Å². The molecule has 76 heavy (non-hydrogen) atoms. The molecule has 0 bridgehead atoms. The van der Waals surface area contributed by atoms with Gasteiger partial charge in [-0.1, -0.05) is 209 Å². The summed E-state index contributed by atoms with van der Waals surface area (Å²) in [6, 6.07) is 74.7. The third-order valence-corrected chi connectivity index (χ3v) is 14.9. The number of benzene rings is 8. The number of aromatic nitrogens is 1. The summed E-state index contributed by atoms with van der Waals surface area (Å²) >= 11 is 0. The van der Waals surface area contributed by atoms with Crippen LogP contribution in [-0.2, 0) is 42.7 Å². The molecular formula is C70H68N5Pt-3. The van der Waals surface area contributed by atoms with Crippen molar-refractivity contribution in [1.82, 2.24) is 4.98 Å². The molecule has 1 aromatic heterocycles. The van der Waals surface area contributed by atoms with E-state index in [2.05, 4.69) is 297 Å². The number of para-hydroxylation sites is 3. The third kappa shape index (κ3) is 9.91. The molecule has 0 unspecified atom stereocenters. The molecule has 0 saturated carbocycles. The van der Waals surface area contributed by atoms with Crippen molar-refractivity contribution in [1.29, 1.82) is 0 Å². The van der Waals surface area contributed by atoms with Crippen LogP contribution in [0.2, 0.25) is 0 Å². The first-order valence-electron chi connectivity index (χ1n) is 26.4. The summed E-state index contributed by atoms with van der Waals surface area (Å²) in [7, 11) is 0. The van der Waals surface area contributed by atoms with Crippen molar-refractivity contribution in [3.05, 3.63) is 229 Å². The van der Waals surface area contributed by atoms with Gasteiger partial charge in [0, 0.05) is 55.6 Å². The van der Waals surface area contributed by atoms with Gasteiger partial charge in [0.2, 0.25) is 0 Å². The summed E-state index contributed by atoms with van der Waals surface area (Å²) in [4.78, 5) is 14.4. The van der Waals surface area contributed by atoms with Crippen LogP contribution in [0.25, 0.3) is 33.4 Å². The van der Waals surface area contributed by atoms with Gasteiger partial charge in [0.15, 0.2) is 0 Å². The molecule has 2 aliphatic rings. The molecule has 0 N–H and O–H groups in total. The summed E-state index contributed by atoms with van der Waals surface area (Å²) in [5.74, 6) is 0.812. The largest absolute Gasteiger partial charge is 0.493 e. The van der Waals surface area contributed by atoms with Gasteiger partial charge in [0.25, 0.3) is 0 Å². The average molecular weight is 1170 g/mol. The van der Waals surface area contributed by atoms with Crippen molar-refractivity contribution in [2.24, 2.45) is 0 Å². The molecule has 0 radical (unpaired) electrons. The van der Waals surface area contributed by atoms with Crippen molar-refractivity contribution in [3.63, 3.8) is 0 Å². The van der Waals surface area contributed by atoms with Gasteiger partial charge in [-0.25, -0.2) is 4.98 Å². The molecule has 386 valence electrons. The summed E-state index contributed by atoms with van der Waals surface area (Å²) in [5.41, 5.74) is 20.8. The predicted molar refractivity (Wildman–Crippen MR) is 317 cm³/mol. The zero-order valence-electron chi connectivity index (χ0n) is 46.0. The van der Waals surface area contributed by atoms with Crippen molar-refractivity contribution >= 4 is 57.0 Å². The Morgan fingerprint density at radius 1 is 0.421 bits per heavy atom. The van der Waals surface area contributed by atoms with Crippen LogP contribution in [0.1, 0.15) is 105 Å². The number of nitrogens with zero attached hydrogens (tertiary/aromatic N) is 5. The molecule has 8 aromatic carbocycles. The summed E-state index contributed by atoms with van der Waals surface area (Å²) in [5, 5.41) is 0. The molecule has 0 spiro atoms. The molecule has 0 aliphatic carbocycles. The number of hydrogen-bond acceptors (Lipinski definition) is 5. The SMILES string of the molecule is CC(C)(C)c1ccc(-c2ccc3c(c2)N(c2ccccn2)c2[c-]c(N(c4[c-]c(N5[CH-]N(c6cc(C(C)(C)C)cc(C(C)(C)C)c6)c6ccccc65)cc(C(C)(C)C)c4)c4ccccc4)ccc2-c2ccccc2-3)cc1.[Pt]. The summed E-state index contributed by atoms with van der Waals surface area (Å²) < 4.78 is 0. The molecule has 2 aliphatic heterocycles. The smallest absolute Gasteiger partial charge is 0.135 e. The standard InChI is InChI=1S/C70H68N5.Pt/c1-67(2,3)49-32-29-47(30-33-49)48-31-35-60-58-24-16-17-25-59(58)61-36-34-54(45-65(61)75(64(60)38-48)66-28-20-21-37-71-66)74(53-22-14-13-15-23-53)57-43-52(70(10,11)12)42-56(44-57)73-46-72(62-26-18-19-27-63(62)73)55-40-50(68(4,5)6)39-51(41-55)69(7,8)9;/h13-43,46H,1-12H3;/q-3;. The molecule has 9 aromatic rings. The molecular weight excluding hydrogens is 1110 g/mol. The molecule has 0 atom stereocenters.